The van der Waals surface area contributed by atoms with Crippen LogP contribution in [-0.4, -0.2) is 23.6 Å². The number of nitrogens with one attached hydrogen (secondary N) is 1. The molecule has 148 valence electrons. The largest absolute Gasteiger partial charge is 0.340 e. The topological polar surface area (TPSA) is 44.7 Å². The minimum atomic E-state index is 0.0351. The van der Waals surface area contributed by atoms with Gasteiger partial charge in [0.15, 0.2) is 5.78 Å². The first-order chi connectivity index (χ1) is 13.9. The highest BCUT2D eigenvalue weighted by Gasteiger charge is 2.15. The normalized spacial score (nSPS) is 15.2. The van der Waals surface area contributed by atoms with E-state index in [0.29, 0.717) is 11.5 Å². The van der Waals surface area contributed by atoms with Gasteiger partial charge in [-0.2, -0.15) is 0 Å². The number of benzene rings is 2. The van der Waals surface area contributed by atoms with Gasteiger partial charge >= 0.3 is 0 Å². The van der Waals surface area contributed by atoms with E-state index in [9.17, 15) is 4.79 Å². The molecule has 4 nitrogen and oxygen atoms in total. The number of amidine groups is 1. The summed E-state index contributed by atoms with van der Waals surface area (Å²) in [4.78, 5) is 18.5. The van der Waals surface area contributed by atoms with Crippen LogP contribution in [-0.2, 0) is 0 Å². The Morgan fingerprint density at radius 3 is 2.45 bits per heavy atom. The minimum absolute atomic E-state index is 0.0351. The van der Waals surface area contributed by atoms with Gasteiger partial charge in [-0.15, -0.1) is 0 Å². The van der Waals surface area contributed by atoms with Crippen molar-refractivity contribution in [3.8, 4) is 0 Å². The molecule has 2 aromatic carbocycles. The van der Waals surface area contributed by atoms with Crippen LogP contribution < -0.4 is 5.32 Å². The van der Waals surface area contributed by atoms with Gasteiger partial charge in [-0.05, 0) is 48.2 Å². The van der Waals surface area contributed by atoms with Gasteiger partial charge in [0.05, 0.1) is 0 Å². The zero-order valence-electron chi connectivity index (χ0n) is 17.4. The molecule has 0 bridgehead atoms. The van der Waals surface area contributed by atoms with E-state index in [-0.39, 0.29) is 5.78 Å². The number of anilines is 1. The van der Waals surface area contributed by atoms with Gasteiger partial charge in [0.1, 0.15) is 11.7 Å². The third kappa shape index (κ3) is 4.72. The lowest BCUT2D eigenvalue weighted by atomic mass is 10.0. The highest BCUT2D eigenvalue weighted by Crippen LogP contribution is 2.26. The molecule has 1 heterocycles. The summed E-state index contributed by atoms with van der Waals surface area (Å²) in [5.41, 5.74) is 4.74. The number of aliphatic imine (C=N–C) groups is 1. The molecule has 0 spiro atoms. The van der Waals surface area contributed by atoms with Crippen molar-refractivity contribution < 1.29 is 4.79 Å². The summed E-state index contributed by atoms with van der Waals surface area (Å²) >= 11 is 0. The lowest BCUT2D eigenvalue weighted by Gasteiger charge is -2.23. The predicted octanol–water partition coefficient (Wildman–Crippen LogP) is 5.84. The van der Waals surface area contributed by atoms with E-state index in [4.69, 9.17) is 4.99 Å². The Hall–Kier alpha value is -3.40. The van der Waals surface area contributed by atoms with E-state index < -0.39 is 0 Å². The smallest absolute Gasteiger partial charge is 0.159 e. The van der Waals surface area contributed by atoms with Crippen molar-refractivity contribution >= 4 is 22.9 Å². The van der Waals surface area contributed by atoms with Gasteiger partial charge in [0.2, 0.25) is 0 Å². The van der Waals surface area contributed by atoms with E-state index in [1.807, 2.05) is 48.5 Å². The van der Waals surface area contributed by atoms with Gasteiger partial charge in [-0.25, -0.2) is 4.99 Å². The fourth-order valence-electron chi connectivity index (χ4n) is 3.15. The van der Waals surface area contributed by atoms with Crippen LogP contribution in [0.4, 0.5) is 5.69 Å². The Morgan fingerprint density at radius 2 is 1.83 bits per heavy atom. The third-order valence-electron chi connectivity index (χ3n) is 4.89. The molecule has 0 saturated heterocycles. The molecular weight excluding hydrogens is 358 g/mol. The molecule has 3 rings (SSSR count). The average molecular weight is 386 g/mol. The van der Waals surface area contributed by atoms with Crippen molar-refractivity contribution in [3.05, 3.63) is 96.0 Å². The average Bonchev–Trinajstić information content (AvgIpc) is 2.71. The number of carbonyl (C=O) groups is 1. The van der Waals surface area contributed by atoms with Crippen LogP contribution in [0.1, 0.15) is 48.2 Å². The quantitative estimate of drug-likeness (QED) is 0.658. The van der Waals surface area contributed by atoms with E-state index >= 15 is 0 Å². The summed E-state index contributed by atoms with van der Waals surface area (Å²) in [5.74, 6) is 2.05. The number of carbonyl (C=O) groups excluding carboxylic acids is 1. The van der Waals surface area contributed by atoms with E-state index in [0.717, 1.165) is 28.5 Å². The van der Waals surface area contributed by atoms with Crippen molar-refractivity contribution in [2.45, 2.75) is 26.7 Å². The molecule has 0 atom stereocenters. The second-order valence-electron chi connectivity index (χ2n) is 7.40. The van der Waals surface area contributed by atoms with E-state index in [2.05, 4.69) is 50.0 Å². The number of ketones is 1. The Bertz CT molecular complexity index is 1010. The maximum Gasteiger partial charge on any atom is 0.159 e. The van der Waals surface area contributed by atoms with Gasteiger partial charge in [0.25, 0.3) is 0 Å². The Kier molecular flexibility index (Phi) is 6.13. The summed E-state index contributed by atoms with van der Waals surface area (Å²) in [6.45, 7) is 9.91. The lowest BCUT2D eigenvalue weighted by Crippen LogP contribution is -2.21. The first-order valence-electron chi connectivity index (χ1n) is 9.74. The van der Waals surface area contributed by atoms with Crippen molar-refractivity contribution in [1.29, 1.82) is 0 Å². The molecule has 0 aromatic heterocycles. The molecule has 29 heavy (non-hydrogen) atoms. The number of hydrogen-bond acceptors (Lipinski definition) is 4. The number of hydrogen-bond donors (Lipinski definition) is 1. The van der Waals surface area contributed by atoms with E-state index in [1.165, 1.54) is 5.56 Å². The summed E-state index contributed by atoms with van der Waals surface area (Å²) in [6, 6.07) is 15.9. The number of rotatable bonds is 5. The van der Waals surface area contributed by atoms with Crippen molar-refractivity contribution in [1.82, 2.24) is 4.90 Å². The van der Waals surface area contributed by atoms with Gasteiger partial charge in [-0.3, -0.25) is 4.79 Å². The molecule has 2 aromatic rings. The molecule has 1 aliphatic heterocycles. The molecule has 0 amide bonds. The maximum atomic E-state index is 11.8. The Labute approximate surface area is 173 Å². The SMILES string of the molecule is C=C/C(=C1/N=C(Nc2ccc(C(C)C)cc2)C=CN1C)c1cccc(C(C)=O)c1. The van der Waals surface area contributed by atoms with Crippen LogP contribution in [0.5, 0.6) is 0 Å². The zero-order chi connectivity index (χ0) is 21.0. The van der Waals surface area contributed by atoms with Gasteiger partial charge in [-0.1, -0.05) is 56.8 Å². The Balaban J connectivity index is 1.95. The summed E-state index contributed by atoms with van der Waals surface area (Å²) in [5, 5.41) is 3.37. The third-order valence-corrected chi connectivity index (χ3v) is 4.89. The molecule has 0 unspecified atom stereocenters. The lowest BCUT2D eigenvalue weighted by molar-refractivity contribution is 0.101. The van der Waals surface area contributed by atoms with Gasteiger partial charge < -0.3 is 10.2 Å². The second-order valence-corrected chi connectivity index (χ2v) is 7.40. The van der Waals surface area contributed by atoms with E-state index in [1.54, 1.807) is 13.0 Å². The van der Waals surface area contributed by atoms with Crippen LogP contribution in [0.2, 0.25) is 0 Å². The molecule has 0 radical (unpaired) electrons. The number of Topliss-reactive ketones (excluding diaryl/α,β-unsaturated/α-hetero) is 1. The molecule has 0 aliphatic carbocycles. The molecule has 1 aliphatic rings. The molecule has 0 fully saturated rings. The standard InChI is InChI=1S/C25H27N3O/c1-6-23(21-9-7-8-20(16-21)18(4)29)25-27-24(14-15-28(25)5)26-22-12-10-19(11-13-22)17(2)3/h6-17H,1H2,2-5H3,(H,26,27)/b25-23+. The second kappa shape index (κ2) is 8.74. The van der Waals surface area contributed by atoms with Crippen LogP contribution in [0.15, 0.2) is 84.3 Å². The first kappa shape index (κ1) is 20.3. The van der Waals surface area contributed by atoms with Gasteiger partial charge in [0, 0.05) is 30.1 Å². The summed E-state index contributed by atoms with van der Waals surface area (Å²) in [7, 11) is 1.95. The van der Waals surface area contributed by atoms with Crippen LogP contribution in [0, 0.1) is 0 Å². The van der Waals surface area contributed by atoms with Crippen LogP contribution in [0.25, 0.3) is 5.57 Å². The number of nitrogens with zero attached hydrogens (tertiary/aromatic N) is 2. The summed E-state index contributed by atoms with van der Waals surface area (Å²) in [6.07, 6.45) is 5.68. The molecule has 4 heteroatoms. The maximum absolute atomic E-state index is 11.8. The van der Waals surface area contributed by atoms with Crippen molar-refractivity contribution in [2.24, 2.45) is 4.99 Å². The fraction of sp³-hybridized carbons (Fsp3) is 0.200. The molecule has 0 saturated carbocycles. The predicted molar refractivity (Wildman–Crippen MR) is 122 cm³/mol. The van der Waals surface area contributed by atoms with Crippen LogP contribution >= 0.6 is 0 Å². The summed E-state index contributed by atoms with van der Waals surface area (Å²) < 4.78 is 0. The fourth-order valence-corrected chi connectivity index (χ4v) is 3.15. The first-order valence-corrected chi connectivity index (χ1v) is 9.74. The van der Waals surface area contributed by atoms with Crippen molar-refractivity contribution in [2.75, 3.05) is 12.4 Å². The van der Waals surface area contributed by atoms with Crippen LogP contribution in [0.3, 0.4) is 0 Å². The minimum Gasteiger partial charge on any atom is -0.340 e. The molecular formula is C25H27N3O. The monoisotopic (exact) mass is 385 g/mol. The molecule has 1 N–H and O–H groups in total. The van der Waals surface area contributed by atoms with Crippen molar-refractivity contribution in [3.63, 3.8) is 0 Å². The highest BCUT2D eigenvalue weighted by atomic mass is 16.1. The number of allylic oxidation sites excluding steroid dienone is 2. The Morgan fingerprint density at radius 1 is 1.14 bits per heavy atom. The zero-order valence-corrected chi connectivity index (χ0v) is 17.4. The highest BCUT2D eigenvalue weighted by molar-refractivity contribution is 6.05.